The first kappa shape index (κ1) is 22.9. The van der Waals surface area contributed by atoms with Crippen molar-refractivity contribution in [1.29, 1.82) is 0 Å². The van der Waals surface area contributed by atoms with Crippen molar-refractivity contribution in [1.82, 2.24) is 0 Å². The molecule has 0 spiro atoms. The van der Waals surface area contributed by atoms with E-state index in [4.69, 9.17) is 0 Å². The van der Waals surface area contributed by atoms with E-state index in [9.17, 15) is 18.1 Å². The van der Waals surface area contributed by atoms with E-state index in [-0.39, 0.29) is 5.92 Å². The molecule has 5 heteroatoms. The van der Waals surface area contributed by atoms with Crippen molar-refractivity contribution in [3.63, 3.8) is 0 Å². The van der Waals surface area contributed by atoms with Gasteiger partial charge in [-0.05, 0) is 32.1 Å². The number of aliphatic hydroxyl groups excluding tert-OH is 1. The van der Waals surface area contributed by atoms with Crippen molar-refractivity contribution < 1.29 is 18.1 Å². The summed E-state index contributed by atoms with van der Waals surface area (Å²) < 4.78 is 32.3. The molecule has 0 fully saturated rings. The smallest absolute Gasteiger partial charge is 0.267 e. The highest BCUT2D eigenvalue weighted by Crippen LogP contribution is 2.25. The third-order valence-electron chi connectivity index (χ3n) is 4.71. The summed E-state index contributed by atoms with van der Waals surface area (Å²) in [5.74, 6) is -0.0476. The summed E-state index contributed by atoms with van der Waals surface area (Å²) in [6.07, 6.45) is 11.7. The Bertz CT molecular complexity index is 365. The topological polar surface area (TPSA) is 74.6 Å². The summed E-state index contributed by atoms with van der Waals surface area (Å²) in [4.78, 5) is 0. The molecule has 4 nitrogen and oxygen atoms in total. The minimum absolute atomic E-state index is 0.0476. The molecule has 0 aliphatic heterocycles. The Morgan fingerprint density at radius 1 is 0.826 bits per heavy atom. The highest BCUT2D eigenvalue weighted by molar-refractivity contribution is 7.86. The lowest BCUT2D eigenvalue weighted by molar-refractivity contribution is 0.111. The molecular weight excluding hydrogens is 312 g/mol. The molecule has 140 valence electrons. The van der Waals surface area contributed by atoms with Crippen LogP contribution < -0.4 is 0 Å². The normalized spacial score (nSPS) is 16.2. The molecule has 2 N–H and O–H groups in total. The first-order valence-corrected chi connectivity index (χ1v) is 11.0. The van der Waals surface area contributed by atoms with Gasteiger partial charge in [0, 0.05) is 0 Å². The van der Waals surface area contributed by atoms with Crippen LogP contribution in [0.4, 0.5) is 0 Å². The standard InChI is InChI=1S/C18H38O4S/c1-4-6-7-8-9-10-11-12-14-17(16(3)19)15-18(13-5-2)23(20,21)22/h16-19H,4-15H2,1-3H3,(H,20,21,22). The number of rotatable bonds is 15. The monoisotopic (exact) mass is 350 g/mol. The van der Waals surface area contributed by atoms with Crippen LogP contribution in [0.25, 0.3) is 0 Å². The molecule has 0 aromatic carbocycles. The van der Waals surface area contributed by atoms with E-state index in [1.165, 1.54) is 38.5 Å². The summed E-state index contributed by atoms with van der Waals surface area (Å²) in [5.41, 5.74) is 0. The zero-order chi connectivity index (χ0) is 17.7. The van der Waals surface area contributed by atoms with Crippen LogP contribution in [0.15, 0.2) is 0 Å². The summed E-state index contributed by atoms with van der Waals surface area (Å²) in [5, 5.41) is 9.18. The molecule has 0 rings (SSSR count). The van der Waals surface area contributed by atoms with Crippen LogP contribution in [0.1, 0.15) is 97.8 Å². The van der Waals surface area contributed by atoms with Crippen LogP contribution in [0.5, 0.6) is 0 Å². The average molecular weight is 351 g/mol. The average Bonchev–Trinajstić information content (AvgIpc) is 2.46. The van der Waals surface area contributed by atoms with Gasteiger partial charge in [-0.25, -0.2) is 0 Å². The van der Waals surface area contributed by atoms with Crippen molar-refractivity contribution in [2.45, 2.75) is 109 Å². The second-order valence-electron chi connectivity index (χ2n) is 6.93. The fourth-order valence-electron chi connectivity index (χ4n) is 3.14. The predicted octanol–water partition coefficient (Wildman–Crippen LogP) is 4.96. The Labute approximate surface area is 143 Å². The van der Waals surface area contributed by atoms with Crippen LogP contribution in [-0.4, -0.2) is 29.4 Å². The molecule has 23 heavy (non-hydrogen) atoms. The fraction of sp³-hybridized carbons (Fsp3) is 1.00. The van der Waals surface area contributed by atoms with Gasteiger partial charge in [0.05, 0.1) is 11.4 Å². The molecule has 0 bridgehead atoms. The molecule has 0 saturated heterocycles. The second kappa shape index (κ2) is 13.2. The van der Waals surface area contributed by atoms with Crippen molar-refractivity contribution in [3.05, 3.63) is 0 Å². The van der Waals surface area contributed by atoms with Gasteiger partial charge in [-0.1, -0.05) is 71.6 Å². The minimum Gasteiger partial charge on any atom is -0.393 e. The van der Waals surface area contributed by atoms with Gasteiger partial charge in [0.25, 0.3) is 10.1 Å². The number of aliphatic hydroxyl groups is 1. The summed E-state index contributed by atoms with van der Waals surface area (Å²) >= 11 is 0. The van der Waals surface area contributed by atoms with Gasteiger partial charge in [-0.15, -0.1) is 0 Å². The molecule has 0 saturated carbocycles. The van der Waals surface area contributed by atoms with E-state index >= 15 is 0 Å². The molecule has 0 aromatic heterocycles. The second-order valence-corrected chi connectivity index (χ2v) is 8.62. The first-order valence-electron chi connectivity index (χ1n) is 9.47. The van der Waals surface area contributed by atoms with Gasteiger partial charge in [0.2, 0.25) is 0 Å². The van der Waals surface area contributed by atoms with Crippen molar-refractivity contribution in [2.24, 2.45) is 5.92 Å². The molecule has 0 aliphatic carbocycles. The molecule has 0 aromatic rings. The molecule has 0 amide bonds. The SMILES string of the molecule is CCCCCCCCCCC(CC(CCC)S(=O)(=O)O)C(C)O. The Hall–Kier alpha value is -0.130. The van der Waals surface area contributed by atoms with Gasteiger partial charge < -0.3 is 5.11 Å². The van der Waals surface area contributed by atoms with Crippen LogP contribution in [0.3, 0.4) is 0 Å². The number of hydrogen-bond acceptors (Lipinski definition) is 3. The number of unbranched alkanes of at least 4 members (excludes halogenated alkanes) is 7. The van der Waals surface area contributed by atoms with Crippen molar-refractivity contribution in [3.8, 4) is 0 Å². The predicted molar refractivity (Wildman–Crippen MR) is 97.3 cm³/mol. The van der Waals surface area contributed by atoms with Gasteiger partial charge in [-0.3, -0.25) is 4.55 Å². The molecule has 3 atom stereocenters. The third kappa shape index (κ3) is 12.0. The van der Waals surface area contributed by atoms with Crippen LogP contribution >= 0.6 is 0 Å². The Kier molecular flexibility index (Phi) is 13.1. The zero-order valence-electron chi connectivity index (χ0n) is 15.3. The fourth-order valence-corrected chi connectivity index (χ4v) is 4.17. The van der Waals surface area contributed by atoms with Crippen LogP contribution in [-0.2, 0) is 10.1 Å². The Morgan fingerprint density at radius 3 is 1.78 bits per heavy atom. The van der Waals surface area contributed by atoms with E-state index < -0.39 is 21.5 Å². The van der Waals surface area contributed by atoms with E-state index in [0.29, 0.717) is 12.8 Å². The van der Waals surface area contributed by atoms with E-state index in [0.717, 1.165) is 25.7 Å². The maximum absolute atomic E-state index is 11.5. The Morgan fingerprint density at radius 2 is 1.35 bits per heavy atom. The lowest BCUT2D eigenvalue weighted by Crippen LogP contribution is -2.28. The molecular formula is C18H38O4S. The van der Waals surface area contributed by atoms with Gasteiger partial charge in [0.15, 0.2) is 0 Å². The molecule has 0 aliphatic rings. The quantitative estimate of drug-likeness (QED) is 0.323. The van der Waals surface area contributed by atoms with Crippen LogP contribution in [0, 0.1) is 5.92 Å². The van der Waals surface area contributed by atoms with Crippen molar-refractivity contribution in [2.75, 3.05) is 0 Å². The molecule has 3 unspecified atom stereocenters. The summed E-state index contributed by atoms with van der Waals surface area (Å²) in [7, 11) is -4.01. The maximum Gasteiger partial charge on any atom is 0.267 e. The van der Waals surface area contributed by atoms with E-state index in [1.807, 2.05) is 6.92 Å². The highest BCUT2D eigenvalue weighted by Gasteiger charge is 2.27. The molecule has 0 radical (unpaired) electrons. The summed E-state index contributed by atoms with van der Waals surface area (Å²) in [6.45, 7) is 5.85. The lowest BCUT2D eigenvalue weighted by Gasteiger charge is -2.24. The van der Waals surface area contributed by atoms with Gasteiger partial charge in [-0.2, -0.15) is 8.42 Å². The van der Waals surface area contributed by atoms with Crippen molar-refractivity contribution >= 4 is 10.1 Å². The van der Waals surface area contributed by atoms with E-state index in [2.05, 4.69) is 6.92 Å². The van der Waals surface area contributed by atoms with Gasteiger partial charge in [0.1, 0.15) is 0 Å². The third-order valence-corrected chi connectivity index (χ3v) is 5.98. The van der Waals surface area contributed by atoms with Crippen LogP contribution in [0.2, 0.25) is 0 Å². The number of hydrogen-bond donors (Lipinski definition) is 2. The van der Waals surface area contributed by atoms with Gasteiger partial charge >= 0.3 is 0 Å². The maximum atomic E-state index is 11.5. The highest BCUT2D eigenvalue weighted by atomic mass is 32.2. The minimum atomic E-state index is -4.01. The summed E-state index contributed by atoms with van der Waals surface area (Å²) in [6, 6.07) is 0. The zero-order valence-corrected chi connectivity index (χ0v) is 16.2. The first-order chi connectivity index (χ1) is 10.8. The Balaban J connectivity index is 4.11. The largest absolute Gasteiger partial charge is 0.393 e. The molecule has 0 heterocycles. The lowest BCUT2D eigenvalue weighted by atomic mass is 9.90. The van der Waals surface area contributed by atoms with E-state index in [1.54, 1.807) is 6.92 Å².